The smallest absolute Gasteiger partial charge is 0.409 e. The number of benzene rings is 2. The van der Waals surface area contributed by atoms with Crippen molar-refractivity contribution in [3.63, 3.8) is 0 Å². The molecular formula is C44H56ClN7O9S. The molecule has 2 bridgehead atoms. The number of hydrogen-bond acceptors (Lipinski definition) is 11. The molecule has 3 aromatic rings. The molecule has 8 atom stereocenters. The Bertz CT molecular complexity index is 2390. The van der Waals surface area contributed by atoms with Crippen LogP contribution in [0.1, 0.15) is 64.4 Å². The van der Waals surface area contributed by atoms with E-state index in [0.29, 0.717) is 36.2 Å². The van der Waals surface area contributed by atoms with Gasteiger partial charge in [0.15, 0.2) is 9.92 Å². The van der Waals surface area contributed by atoms with E-state index in [1.165, 1.54) is 67.1 Å². The minimum atomic E-state index is -4.46. The molecule has 1 aromatic heterocycles. The van der Waals surface area contributed by atoms with Crippen molar-refractivity contribution in [2.75, 3.05) is 67.0 Å². The summed E-state index contributed by atoms with van der Waals surface area (Å²) in [7, 11) is 6.02. The molecule has 4 amide bonds. The molecule has 2 aromatic carbocycles. The lowest BCUT2D eigenvalue weighted by Gasteiger charge is -2.46. The molecule has 4 aliphatic rings. The van der Waals surface area contributed by atoms with Crippen molar-refractivity contribution in [2.24, 2.45) is 29.2 Å². The third-order valence-electron chi connectivity index (χ3n) is 12.7. The SMILES string of the molecule is COc1nn(C)cc1C(=O)NS1(=O)=NC(=O)c2ccc3c(c2)N(C[C@@H]2CC[C@H]2[C@@H](OC)/C=C\[C@H](OC(=O)N(C)C)[C@H](C)C1C(=O)N(C)C)C[C@@]1(CCCc2cc(Cl)ccc21)CO3. The molecule has 0 radical (unpaired) electrons. The Labute approximate surface area is 368 Å². The van der Waals surface area contributed by atoms with Gasteiger partial charge in [0, 0.05) is 83.6 Å². The van der Waals surface area contributed by atoms with Gasteiger partial charge in [0.1, 0.15) is 22.7 Å². The Morgan fingerprint density at radius 3 is 2.47 bits per heavy atom. The quantitative estimate of drug-likeness (QED) is 0.319. The Morgan fingerprint density at radius 1 is 1.03 bits per heavy atom. The van der Waals surface area contributed by atoms with Crippen molar-refractivity contribution in [2.45, 2.75) is 61.9 Å². The van der Waals surface area contributed by atoms with Crippen molar-refractivity contribution in [3.8, 4) is 11.6 Å². The van der Waals surface area contributed by atoms with E-state index in [-0.39, 0.29) is 28.8 Å². The number of hydrogen-bond donors (Lipinski definition) is 1. The zero-order chi connectivity index (χ0) is 44.7. The topological polar surface area (TPSA) is 174 Å². The third kappa shape index (κ3) is 8.75. The summed E-state index contributed by atoms with van der Waals surface area (Å²) < 4.78 is 48.1. The maximum absolute atomic E-state index is 15.8. The molecule has 1 saturated carbocycles. The molecule has 1 spiro atoms. The standard InChI is InChI=1S/C44H56ClN7O9S/c1-26-35(61-43(56)50(4)5)17-18-36(58-7)31-14-11-29(31)22-52-24-44(19-9-10-27-20-30(45)13-15-33(27)44)25-60-37-16-12-28(21-34(37)52)39(53)47-62(57,38(26)42(55)49(2)3)48-40(54)32-23-51(6)46-41(32)59-8/h12-13,15-18,20-21,23,26,29,31,35-36,38H,9-11,14,19,22,24-25H2,1-8H3,(H,47,48,53,54,57)/b18-17-/t26-,29-,31+,35-,36-,38?,44-,62?/m0/s1. The van der Waals surface area contributed by atoms with Crippen LogP contribution < -0.4 is 19.1 Å². The zero-order valence-electron chi connectivity index (χ0n) is 36.5. The van der Waals surface area contributed by atoms with E-state index < -0.39 is 62.5 Å². The number of anilines is 1. The molecule has 2 unspecified atom stereocenters. The average Bonchev–Trinajstić information content (AvgIpc) is 3.54. The molecule has 1 fully saturated rings. The maximum atomic E-state index is 15.8. The first-order chi connectivity index (χ1) is 29.5. The number of carbonyl (C=O) groups is 4. The first-order valence-corrected chi connectivity index (χ1v) is 22.7. The highest BCUT2D eigenvalue weighted by Gasteiger charge is 2.46. The Kier molecular flexibility index (Phi) is 13.0. The Balaban J connectivity index is 1.43. The number of amides is 4. The van der Waals surface area contributed by atoms with Crippen LogP contribution in [-0.2, 0) is 43.1 Å². The van der Waals surface area contributed by atoms with E-state index in [4.69, 9.17) is 30.5 Å². The molecule has 2 aliphatic carbocycles. The lowest BCUT2D eigenvalue weighted by molar-refractivity contribution is -0.129. The first kappa shape index (κ1) is 44.9. The average molecular weight is 894 g/mol. The van der Waals surface area contributed by atoms with Gasteiger partial charge in [-0.3, -0.25) is 23.8 Å². The van der Waals surface area contributed by atoms with Gasteiger partial charge < -0.3 is 33.6 Å². The molecule has 7 rings (SSSR count). The molecule has 2 aliphatic heterocycles. The van der Waals surface area contributed by atoms with Crippen LogP contribution in [0, 0.1) is 17.8 Å². The van der Waals surface area contributed by atoms with Crippen LogP contribution in [0.15, 0.2) is 59.1 Å². The highest BCUT2D eigenvalue weighted by atomic mass is 35.5. The number of aromatic nitrogens is 2. The van der Waals surface area contributed by atoms with E-state index in [2.05, 4.69) is 25.1 Å². The fraction of sp³-hybridized carbons (Fsp3) is 0.523. The summed E-state index contributed by atoms with van der Waals surface area (Å²) in [6.45, 7) is 3.17. The molecule has 16 nitrogen and oxygen atoms in total. The Hall–Kier alpha value is -5.13. The predicted octanol–water partition coefficient (Wildman–Crippen LogP) is 5.28. The fourth-order valence-electron chi connectivity index (χ4n) is 9.30. The summed E-state index contributed by atoms with van der Waals surface area (Å²) in [5, 5.41) is 3.10. The summed E-state index contributed by atoms with van der Waals surface area (Å²) in [5.41, 5.74) is 2.62. The number of methoxy groups -OCH3 is 2. The largest absolute Gasteiger partial charge is 0.490 e. The molecule has 18 heteroatoms. The van der Waals surface area contributed by atoms with Crippen molar-refractivity contribution in [1.82, 2.24) is 24.3 Å². The second kappa shape index (κ2) is 17.9. The van der Waals surface area contributed by atoms with E-state index in [0.717, 1.165) is 32.1 Å². The van der Waals surface area contributed by atoms with Crippen molar-refractivity contribution >= 4 is 51.0 Å². The summed E-state index contributed by atoms with van der Waals surface area (Å²) in [6.07, 6.45) is 6.99. The fourth-order valence-corrected chi connectivity index (χ4v) is 11.7. The van der Waals surface area contributed by atoms with Crippen LogP contribution in [0.4, 0.5) is 10.5 Å². The number of carbonyl (C=O) groups excluding carboxylic acids is 4. The number of nitrogens with one attached hydrogen (secondary N) is 1. The molecule has 334 valence electrons. The summed E-state index contributed by atoms with van der Waals surface area (Å²) >= 11 is 6.50. The Morgan fingerprint density at radius 2 is 1.79 bits per heavy atom. The molecular weight excluding hydrogens is 838 g/mol. The highest BCUT2D eigenvalue weighted by Crippen LogP contribution is 2.47. The van der Waals surface area contributed by atoms with Crippen LogP contribution in [0.3, 0.4) is 0 Å². The van der Waals surface area contributed by atoms with Crippen molar-refractivity contribution < 1.29 is 42.3 Å². The van der Waals surface area contributed by atoms with Crippen molar-refractivity contribution in [3.05, 3.63) is 82.0 Å². The van der Waals surface area contributed by atoms with Crippen LogP contribution >= 0.6 is 11.6 Å². The highest BCUT2D eigenvalue weighted by molar-refractivity contribution is 7.94. The van der Waals surface area contributed by atoms with Crippen LogP contribution in [0.2, 0.25) is 5.02 Å². The van der Waals surface area contributed by atoms with Crippen molar-refractivity contribution in [1.29, 1.82) is 0 Å². The van der Waals surface area contributed by atoms with Crippen LogP contribution in [0.5, 0.6) is 11.6 Å². The monoisotopic (exact) mass is 893 g/mol. The first-order valence-electron chi connectivity index (χ1n) is 20.8. The second-order valence-electron chi connectivity index (χ2n) is 17.3. The number of rotatable bonds is 6. The van der Waals surface area contributed by atoms with Gasteiger partial charge in [-0.15, -0.1) is 9.46 Å². The summed E-state index contributed by atoms with van der Waals surface area (Å²) in [5.74, 6) is -3.04. The number of fused-ring (bicyclic) bond motifs is 4. The van der Waals surface area contributed by atoms with Gasteiger partial charge in [0.25, 0.3) is 11.8 Å². The maximum Gasteiger partial charge on any atom is 0.409 e. The normalized spacial score (nSPS) is 28.7. The van der Waals surface area contributed by atoms with Gasteiger partial charge in [-0.05, 0) is 91.5 Å². The van der Waals surface area contributed by atoms with Gasteiger partial charge in [0.05, 0.1) is 25.5 Å². The third-order valence-corrected chi connectivity index (χ3v) is 15.2. The number of aryl methyl sites for hydroxylation is 2. The van der Waals surface area contributed by atoms with Gasteiger partial charge in [0.2, 0.25) is 11.8 Å². The lowest BCUT2D eigenvalue weighted by Crippen LogP contribution is -2.52. The molecule has 1 N–H and O–H groups in total. The molecule has 0 saturated heterocycles. The van der Waals surface area contributed by atoms with Crippen LogP contribution in [-0.4, -0.2) is 127 Å². The lowest BCUT2D eigenvalue weighted by atomic mass is 9.68. The van der Waals surface area contributed by atoms with E-state index in [1.807, 2.05) is 18.2 Å². The van der Waals surface area contributed by atoms with Gasteiger partial charge in [-0.25, -0.2) is 9.00 Å². The summed E-state index contributed by atoms with van der Waals surface area (Å²) in [4.78, 5) is 61.3. The molecule has 3 heterocycles. The number of halogens is 1. The minimum Gasteiger partial charge on any atom is -0.490 e. The molecule has 62 heavy (non-hydrogen) atoms. The van der Waals surface area contributed by atoms with Gasteiger partial charge in [-0.2, -0.15) is 0 Å². The summed E-state index contributed by atoms with van der Waals surface area (Å²) in [6, 6.07) is 11.0. The minimum absolute atomic E-state index is 0.0580. The van der Waals surface area contributed by atoms with Gasteiger partial charge in [-0.1, -0.05) is 30.7 Å². The second-order valence-corrected chi connectivity index (χ2v) is 19.7. The van der Waals surface area contributed by atoms with Crippen LogP contribution in [0.25, 0.3) is 0 Å². The number of ether oxygens (including phenoxy) is 4. The van der Waals surface area contributed by atoms with E-state index in [1.54, 1.807) is 45.4 Å². The van der Waals surface area contributed by atoms with E-state index in [9.17, 15) is 19.2 Å². The number of nitrogens with zero attached hydrogens (tertiary/aromatic N) is 6. The zero-order valence-corrected chi connectivity index (χ0v) is 38.0. The van der Waals surface area contributed by atoms with Gasteiger partial charge >= 0.3 is 6.09 Å². The van der Waals surface area contributed by atoms with E-state index >= 15 is 4.21 Å². The predicted molar refractivity (Wildman–Crippen MR) is 234 cm³/mol.